The van der Waals surface area contributed by atoms with E-state index in [1.54, 1.807) is 41.6 Å². The third-order valence-corrected chi connectivity index (χ3v) is 4.47. The van der Waals surface area contributed by atoms with E-state index in [2.05, 4.69) is 4.98 Å². The van der Waals surface area contributed by atoms with Crippen LogP contribution in [0.5, 0.6) is 0 Å². The Morgan fingerprint density at radius 2 is 2.04 bits per heavy atom. The SMILES string of the molecule is CC(C)C(C)N(Cc1ccco1)C(=O)c1cnc2ccccn2c1=O. The van der Waals surface area contributed by atoms with Crippen molar-refractivity contribution in [3.05, 3.63) is 70.7 Å². The summed E-state index contributed by atoms with van der Waals surface area (Å²) in [4.78, 5) is 31.7. The first-order valence-corrected chi connectivity index (χ1v) is 8.28. The maximum Gasteiger partial charge on any atom is 0.270 e. The average molecular weight is 339 g/mol. The lowest BCUT2D eigenvalue weighted by Crippen LogP contribution is -2.43. The van der Waals surface area contributed by atoms with Crippen LogP contribution in [0.3, 0.4) is 0 Å². The fourth-order valence-electron chi connectivity index (χ4n) is 2.66. The molecular weight excluding hydrogens is 318 g/mol. The molecule has 1 atom stereocenters. The van der Waals surface area contributed by atoms with Crippen LogP contribution in [-0.2, 0) is 6.54 Å². The average Bonchev–Trinajstić information content (AvgIpc) is 3.12. The summed E-state index contributed by atoms with van der Waals surface area (Å²) in [6.45, 7) is 6.36. The van der Waals surface area contributed by atoms with Crippen LogP contribution in [0.2, 0.25) is 0 Å². The van der Waals surface area contributed by atoms with Gasteiger partial charge in [0, 0.05) is 18.4 Å². The Morgan fingerprint density at radius 1 is 1.24 bits per heavy atom. The summed E-state index contributed by atoms with van der Waals surface area (Å²) in [5, 5.41) is 0. The molecule has 0 aromatic carbocycles. The molecule has 0 aliphatic heterocycles. The smallest absolute Gasteiger partial charge is 0.270 e. The van der Waals surface area contributed by atoms with E-state index in [0.29, 0.717) is 18.0 Å². The molecular formula is C19H21N3O3. The molecule has 3 rings (SSSR count). The minimum Gasteiger partial charge on any atom is -0.467 e. The number of nitrogens with zero attached hydrogens (tertiary/aromatic N) is 3. The van der Waals surface area contributed by atoms with Crippen LogP contribution in [0.15, 0.2) is 58.2 Å². The van der Waals surface area contributed by atoms with Crippen LogP contribution in [0.4, 0.5) is 0 Å². The van der Waals surface area contributed by atoms with E-state index in [1.807, 2.05) is 26.8 Å². The summed E-state index contributed by atoms with van der Waals surface area (Å²) in [7, 11) is 0. The van der Waals surface area contributed by atoms with Crippen LogP contribution in [0.25, 0.3) is 5.65 Å². The number of carbonyl (C=O) groups excluding carboxylic acids is 1. The van der Waals surface area contributed by atoms with Crippen molar-refractivity contribution in [2.75, 3.05) is 0 Å². The van der Waals surface area contributed by atoms with Crippen LogP contribution in [-0.4, -0.2) is 26.2 Å². The number of furan rings is 1. The van der Waals surface area contributed by atoms with Gasteiger partial charge in [-0.15, -0.1) is 0 Å². The van der Waals surface area contributed by atoms with Gasteiger partial charge in [-0.25, -0.2) is 4.98 Å². The number of aromatic nitrogens is 2. The highest BCUT2D eigenvalue weighted by Gasteiger charge is 2.27. The first-order valence-electron chi connectivity index (χ1n) is 8.28. The standard InChI is InChI=1S/C19H21N3O3/c1-13(2)14(3)22(12-15-7-6-10-25-15)19(24)16-11-20-17-8-4-5-9-21(17)18(16)23/h4-11,13-14H,12H2,1-3H3. The van der Waals surface area contributed by atoms with E-state index in [-0.39, 0.29) is 29.0 Å². The van der Waals surface area contributed by atoms with E-state index < -0.39 is 0 Å². The molecule has 0 saturated carbocycles. The molecule has 3 aromatic rings. The van der Waals surface area contributed by atoms with E-state index in [1.165, 1.54) is 10.6 Å². The second kappa shape index (κ2) is 6.93. The number of hydrogen-bond donors (Lipinski definition) is 0. The zero-order valence-corrected chi connectivity index (χ0v) is 14.5. The zero-order valence-electron chi connectivity index (χ0n) is 14.5. The van der Waals surface area contributed by atoms with Crippen LogP contribution >= 0.6 is 0 Å². The van der Waals surface area contributed by atoms with Crippen molar-refractivity contribution in [1.82, 2.24) is 14.3 Å². The molecule has 0 radical (unpaired) electrons. The molecule has 0 saturated heterocycles. The van der Waals surface area contributed by atoms with E-state index in [4.69, 9.17) is 4.42 Å². The summed E-state index contributed by atoms with van der Waals surface area (Å²) in [6.07, 6.45) is 4.55. The highest BCUT2D eigenvalue weighted by Crippen LogP contribution is 2.17. The van der Waals surface area contributed by atoms with Crippen molar-refractivity contribution in [2.45, 2.75) is 33.4 Å². The van der Waals surface area contributed by atoms with Gasteiger partial charge in [-0.3, -0.25) is 14.0 Å². The first kappa shape index (κ1) is 17.0. The zero-order chi connectivity index (χ0) is 18.0. The molecule has 6 heteroatoms. The van der Waals surface area contributed by atoms with E-state index in [0.717, 1.165) is 0 Å². The second-order valence-corrected chi connectivity index (χ2v) is 6.40. The topological polar surface area (TPSA) is 67.8 Å². The van der Waals surface area contributed by atoms with Gasteiger partial charge in [-0.1, -0.05) is 19.9 Å². The Morgan fingerprint density at radius 3 is 2.72 bits per heavy atom. The Bertz CT molecular complexity index is 928. The highest BCUT2D eigenvalue weighted by atomic mass is 16.3. The number of pyridine rings is 1. The summed E-state index contributed by atoms with van der Waals surface area (Å²) in [6, 6.07) is 8.80. The van der Waals surface area contributed by atoms with Crippen molar-refractivity contribution in [2.24, 2.45) is 5.92 Å². The fraction of sp³-hybridized carbons (Fsp3) is 0.316. The monoisotopic (exact) mass is 339 g/mol. The van der Waals surface area contributed by atoms with Gasteiger partial charge in [-0.05, 0) is 37.1 Å². The van der Waals surface area contributed by atoms with Crippen molar-refractivity contribution in [3.8, 4) is 0 Å². The van der Waals surface area contributed by atoms with Gasteiger partial charge < -0.3 is 9.32 Å². The molecule has 130 valence electrons. The van der Waals surface area contributed by atoms with Gasteiger partial charge >= 0.3 is 0 Å². The van der Waals surface area contributed by atoms with Gasteiger partial charge in [0.25, 0.3) is 11.5 Å². The van der Waals surface area contributed by atoms with Gasteiger partial charge in [-0.2, -0.15) is 0 Å². The molecule has 0 fully saturated rings. The first-order chi connectivity index (χ1) is 12.0. The second-order valence-electron chi connectivity index (χ2n) is 6.40. The summed E-state index contributed by atoms with van der Waals surface area (Å²) in [5.41, 5.74) is 0.206. The van der Waals surface area contributed by atoms with Crippen molar-refractivity contribution in [3.63, 3.8) is 0 Å². The molecule has 0 N–H and O–H groups in total. The molecule has 0 aliphatic rings. The summed E-state index contributed by atoms with van der Waals surface area (Å²) >= 11 is 0. The third-order valence-electron chi connectivity index (χ3n) is 4.47. The Balaban J connectivity index is 2.02. The maximum absolute atomic E-state index is 13.1. The van der Waals surface area contributed by atoms with Crippen molar-refractivity contribution < 1.29 is 9.21 Å². The minimum atomic E-state index is -0.365. The van der Waals surface area contributed by atoms with Crippen molar-refractivity contribution in [1.29, 1.82) is 0 Å². The number of carbonyl (C=O) groups is 1. The Kier molecular flexibility index (Phi) is 4.70. The van der Waals surface area contributed by atoms with Crippen molar-refractivity contribution >= 4 is 11.6 Å². The number of fused-ring (bicyclic) bond motifs is 1. The molecule has 0 aliphatic carbocycles. The Hall–Kier alpha value is -2.89. The van der Waals surface area contributed by atoms with E-state index >= 15 is 0 Å². The van der Waals surface area contributed by atoms with Gasteiger partial charge in [0.05, 0.1) is 12.8 Å². The molecule has 1 amide bonds. The predicted octanol–water partition coefficient (Wildman–Crippen LogP) is 2.97. The molecule has 0 bridgehead atoms. The predicted molar refractivity (Wildman–Crippen MR) is 94.3 cm³/mol. The number of amides is 1. The number of rotatable bonds is 5. The Labute approximate surface area is 145 Å². The minimum absolute atomic E-state index is 0.0581. The largest absolute Gasteiger partial charge is 0.467 e. The van der Waals surface area contributed by atoms with Crippen LogP contribution in [0, 0.1) is 5.92 Å². The lowest BCUT2D eigenvalue weighted by molar-refractivity contribution is 0.0608. The quantitative estimate of drug-likeness (QED) is 0.717. The molecule has 1 unspecified atom stereocenters. The summed E-state index contributed by atoms with van der Waals surface area (Å²) in [5.74, 6) is 0.568. The molecule has 3 heterocycles. The van der Waals surface area contributed by atoms with Gasteiger partial charge in [0.1, 0.15) is 17.0 Å². The lowest BCUT2D eigenvalue weighted by atomic mass is 10.0. The molecule has 6 nitrogen and oxygen atoms in total. The van der Waals surface area contributed by atoms with E-state index in [9.17, 15) is 9.59 Å². The molecule has 25 heavy (non-hydrogen) atoms. The lowest BCUT2D eigenvalue weighted by Gasteiger charge is -2.31. The van der Waals surface area contributed by atoms with Crippen LogP contribution < -0.4 is 5.56 Å². The third kappa shape index (κ3) is 3.33. The van der Waals surface area contributed by atoms with Gasteiger partial charge in [0.2, 0.25) is 0 Å². The number of hydrogen-bond acceptors (Lipinski definition) is 4. The highest BCUT2D eigenvalue weighted by molar-refractivity contribution is 5.94. The normalized spacial score (nSPS) is 12.5. The fourth-order valence-corrected chi connectivity index (χ4v) is 2.66. The van der Waals surface area contributed by atoms with Gasteiger partial charge in [0.15, 0.2) is 0 Å². The molecule has 0 spiro atoms. The van der Waals surface area contributed by atoms with Crippen LogP contribution in [0.1, 0.15) is 36.9 Å². The maximum atomic E-state index is 13.1. The molecule has 3 aromatic heterocycles. The summed E-state index contributed by atoms with van der Waals surface area (Å²) < 4.78 is 6.77.